The van der Waals surface area contributed by atoms with E-state index in [9.17, 15) is 4.79 Å². The summed E-state index contributed by atoms with van der Waals surface area (Å²) in [4.78, 5) is 19.6. The molecule has 0 aromatic heterocycles. The lowest BCUT2D eigenvalue weighted by atomic mass is 9.54. The van der Waals surface area contributed by atoms with Gasteiger partial charge in [-0.1, -0.05) is 102 Å². The van der Waals surface area contributed by atoms with Crippen molar-refractivity contribution < 1.29 is 14.3 Å². The minimum absolute atomic E-state index is 0.0220. The molecule has 3 nitrogen and oxygen atoms in total. The number of esters is 1. The Bertz CT molecular complexity index is 1990. The summed E-state index contributed by atoms with van der Waals surface area (Å²) in [5, 5.41) is 0. The highest BCUT2D eigenvalue weighted by Gasteiger charge is 2.53. The van der Waals surface area contributed by atoms with Crippen LogP contribution < -0.4 is 4.74 Å². The van der Waals surface area contributed by atoms with E-state index in [2.05, 4.69) is 183 Å². The predicted molar refractivity (Wildman–Crippen MR) is 244 cm³/mol. The fourth-order valence-electron chi connectivity index (χ4n) is 9.79. The van der Waals surface area contributed by atoms with Crippen LogP contribution in [0.4, 0.5) is 0 Å². The maximum Gasteiger partial charge on any atom is 0.344 e. The molecule has 5 heteroatoms. The molecule has 4 bridgehead atoms. The highest BCUT2D eigenvalue weighted by Crippen LogP contribution is 2.57. The Kier molecular flexibility index (Phi) is 12.6. The molecule has 0 spiro atoms. The molecule has 5 aromatic rings. The quantitative estimate of drug-likeness (QED) is 0.110. The second kappa shape index (κ2) is 17.3. The molecule has 0 heterocycles. The van der Waals surface area contributed by atoms with Crippen LogP contribution in [0.25, 0.3) is 0 Å². The zero-order chi connectivity index (χ0) is 41.2. The normalized spacial score (nSPS) is 21.1. The van der Waals surface area contributed by atoms with Crippen molar-refractivity contribution in [3.63, 3.8) is 0 Å². The van der Waals surface area contributed by atoms with Crippen LogP contribution in [0.1, 0.15) is 102 Å². The van der Waals surface area contributed by atoms with E-state index in [1.54, 1.807) is 0 Å². The number of ether oxygens (including phenoxy) is 2. The molecule has 0 amide bonds. The van der Waals surface area contributed by atoms with Crippen LogP contribution >= 0.6 is 0 Å². The van der Waals surface area contributed by atoms with Gasteiger partial charge < -0.3 is 9.47 Å². The molecule has 0 atom stereocenters. The van der Waals surface area contributed by atoms with Gasteiger partial charge in [-0.3, -0.25) is 0 Å². The van der Waals surface area contributed by atoms with Gasteiger partial charge in [-0.25, -0.2) is 4.79 Å². The first-order valence-electron chi connectivity index (χ1n) is 21.2. The van der Waals surface area contributed by atoms with Crippen LogP contribution in [-0.2, 0) is 42.2 Å². The standard InChI is InChI=1S/C32H35O3S.C21H29S/c1-22-13-29(36(27-9-5-3-6-10-27)28-11-7-4-8-12-28)14-23(2)31(22)34-21-30(33)35-32-18-24-15-25(19-32)17-26(16-24)20-32;1-20(2,3)16-8-12-18(13-9-16)22(7)19-14-10-17(11-15-19)21(4,5)6/h3-14,24-26H,15-21H2,1-2H3;8-15H,1-7H3/q2*+1. The van der Waals surface area contributed by atoms with Crippen molar-refractivity contribution in [2.45, 2.75) is 135 Å². The van der Waals surface area contributed by atoms with E-state index in [1.165, 1.54) is 54.9 Å². The van der Waals surface area contributed by atoms with Crippen molar-refractivity contribution in [1.82, 2.24) is 0 Å². The van der Waals surface area contributed by atoms with Crippen LogP contribution in [0.3, 0.4) is 0 Å². The van der Waals surface area contributed by atoms with Crippen molar-refractivity contribution in [3.05, 3.63) is 144 Å². The number of carbonyl (C=O) groups is 1. The molecule has 0 saturated heterocycles. The molecular formula is C53H64O3S2+2. The molecule has 4 fully saturated rings. The summed E-state index contributed by atoms with van der Waals surface area (Å²) >= 11 is 0. The van der Waals surface area contributed by atoms with Crippen molar-refractivity contribution in [3.8, 4) is 5.75 Å². The molecule has 304 valence electrons. The lowest BCUT2D eigenvalue weighted by Crippen LogP contribution is -2.53. The molecule has 9 rings (SSSR count). The van der Waals surface area contributed by atoms with Gasteiger partial charge in [0.15, 0.2) is 31.1 Å². The number of carbonyl (C=O) groups excluding carboxylic acids is 1. The third-order valence-electron chi connectivity index (χ3n) is 12.4. The summed E-state index contributed by atoms with van der Waals surface area (Å²) in [6, 6.07) is 44.1. The SMILES string of the molecule is C[S+](c1ccc(C(C)(C)C)cc1)c1ccc(C(C)(C)C)cc1.Cc1cc([S+](c2ccccc2)c2ccccc2)cc(C)c1OCC(=O)OC12CC3CC(CC(C3)C1)C2. The number of rotatable bonds is 9. The third kappa shape index (κ3) is 9.91. The summed E-state index contributed by atoms with van der Waals surface area (Å²) in [6.45, 7) is 17.7. The first-order chi connectivity index (χ1) is 27.6. The van der Waals surface area contributed by atoms with Crippen LogP contribution in [0.5, 0.6) is 5.75 Å². The second-order valence-corrected chi connectivity index (χ2v) is 23.2. The van der Waals surface area contributed by atoms with Gasteiger partial charge in [-0.2, -0.15) is 0 Å². The third-order valence-corrected chi connectivity index (χ3v) is 16.6. The molecular weight excluding hydrogens is 749 g/mol. The summed E-state index contributed by atoms with van der Waals surface area (Å²) in [5.74, 6) is 2.85. The molecule has 5 aromatic carbocycles. The maximum atomic E-state index is 12.9. The zero-order valence-electron chi connectivity index (χ0n) is 36.3. The molecule has 4 saturated carbocycles. The monoisotopic (exact) mass is 812 g/mol. The van der Waals surface area contributed by atoms with Gasteiger partial charge in [0.25, 0.3) is 0 Å². The molecule has 4 aliphatic carbocycles. The van der Waals surface area contributed by atoms with Crippen molar-refractivity contribution in [1.29, 1.82) is 0 Å². The Hall–Kier alpha value is -3.93. The van der Waals surface area contributed by atoms with E-state index in [0.29, 0.717) is 0 Å². The second-order valence-electron chi connectivity index (χ2n) is 19.2. The Labute approximate surface area is 355 Å². The average Bonchev–Trinajstić information content (AvgIpc) is 3.17. The van der Waals surface area contributed by atoms with Crippen molar-refractivity contribution in [2.75, 3.05) is 12.9 Å². The number of aryl methyl sites for hydroxylation is 2. The van der Waals surface area contributed by atoms with Crippen LogP contribution in [0.15, 0.2) is 146 Å². The van der Waals surface area contributed by atoms with Gasteiger partial charge in [0.05, 0.1) is 21.8 Å². The van der Waals surface area contributed by atoms with E-state index >= 15 is 0 Å². The van der Waals surface area contributed by atoms with E-state index in [0.717, 1.165) is 53.9 Å². The molecule has 4 aliphatic rings. The minimum Gasteiger partial charge on any atom is -0.481 e. The van der Waals surface area contributed by atoms with Crippen molar-refractivity contribution in [2.24, 2.45) is 17.8 Å². The molecule has 0 N–H and O–H groups in total. The van der Waals surface area contributed by atoms with E-state index < -0.39 is 0 Å². The fraction of sp³-hybridized carbons (Fsp3) is 0.415. The van der Waals surface area contributed by atoms with Gasteiger partial charge in [0, 0.05) is 12.1 Å². The smallest absolute Gasteiger partial charge is 0.344 e. The van der Waals surface area contributed by atoms with Gasteiger partial charge in [-0.15, -0.1) is 0 Å². The Morgan fingerprint density at radius 1 is 0.586 bits per heavy atom. The predicted octanol–water partition coefficient (Wildman–Crippen LogP) is 13.2. The van der Waals surface area contributed by atoms with E-state index in [4.69, 9.17) is 9.47 Å². The van der Waals surface area contributed by atoms with Crippen LogP contribution in [0.2, 0.25) is 0 Å². The Balaban J connectivity index is 0.000000200. The Morgan fingerprint density at radius 3 is 1.36 bits per heavy atom. The minimum atomic E-state index is -0.219. The largest absolute Gasteiger partial charge is 0.481 e. The van der Waals surface area contributed by atoms with Gasteiger partial charge in [0.1, 0.15) is 17.6 Å². The Morgan fingerprint density at radius 2 is 0.983 bits per heavy atom. The van der Waals surface area contributed by atoms with Gasteiger partial charge >= 0.3 is 5.97 Å². The number of hydrogen-bond donors (Lipinski definition) is 0. The lowest BCUT2D eigenvalue weighted by Gasteiger charge is -2.55. The highest BCUT2D eigenvalue weighted by atomic mass is 32.2. The summed E-state index contributed by atoms with van der Waals surface area (Å²) in [7, 11) is -0.0785. The topological polar surface area (TPSA) is 35.5 Å². The first kappa shape index (κ1) is 42.2. The van der Waals surface area contributed by atoms with Gasteiger partial charge in [0.2, 0.25) is 0 Å². The first-order valence-corrected chi connectivity index (χ1v) is 24.1. The number of hydrogen-bond acceptors (Lipinski definition) is 3. The number of benzene rings is 5. The summed E-state index contributed by atoms with van der Waals surface area (Å²) < 4.78 is 12.3. The van der Waals surface area contributed by atoms with Crippen molar-refractivity contribution >= 4 is 27.8 Å². The molecule has 0 aliphatic heterocycles. The van der Waals surface area contributed by atoms with Crippen LogP contribution in [0, 0.1) is 31.6 Å². The molecule has 0 radical (unpaired) electrons. The van der Waals surface area contributed by atoms with Crippen LogP contribution in [-0.4, -0.2) is 24.4 Å². The highest BCUT2D eigenvalue weighted by molar-refractivity contribution is 7.97. The van der Waals surface area contributed by atoms with Gasteiger partial charge in [-0.05, 0) is 152 Å². The summed E-state index contributed by atoms with van der Waals surface area (Å²) in [6.07, 6.45) is 9.50. The molecule has 58 heavy (non-hydrogen) atoms. The summed E-state index contributed by atoms with van der Waals surface area (Å²) in [5.41, 5.74) is 5.13. The van der Waals surface area contributed by atoms with E-state index in [1.807, 2.05) is 0 Å². The fourth-order valence-corrected chi connectivity index (χ4v) is 13.4. The average molecular weight is 813 g/mol. The maximum absolute atomic E-state index is 12.9. The molecule has 0 unspecified atom stereocenters. The zero-order valence-corrected chi connectivity index (χ0v) is 37.9. The van der Waals surface area contributed by atoms with E-state index in [-0.39, 0.29) is 50.8 Å². The lowest BCUT2D eigenvalue weighted by molar-refractivity contribution is -0.188.